The number of carboxylic acids is 1. The fraction of sp³-hybridized carbons (Fsp3) is 0.464. The van der Waals surface area contributed by atoms with E-state index in [1.54, 1.807) is 0 Å². The molecule has 7 nitrogen and oxygen atoms in total. The van der Waals surface area contributed by atoms with Crippen LogP contribution in [-0.4, -0.2) is 42.8 Å². The topological polar surface area (TPSA) is 105 Å². The lowest BCUT2D eigenvalue weighted by Gasteiger charge is -2.37. The average molecular weight is 479 g/mol. The molecule has 2 aromatic carbocycles. The van der Waals surface area contributed by atoms with Crippen molar-refractivity contribution in [3.63, 3.8) is 0 Å². The zero-order valence-corrected chi connectivity index (χ0v) is 20.1. The van der Waals surface area contributed by atoms with Gasteiger partial charge >= 0.3 is 12.1 Å². The van der Waals surface area contributed by atoms with Gasteiger partial charge in [-0.1, -0.05) is 67.8 Å². The molecule has 0 saturated heterocycles. The maximum atomic E-state index is 12.2. The second kappa shape index (κ2) is 11.4. The zero-order valence-electron chi connectivity index (χ0n) is 20.1. The molecule has 2 aromatic rings. The summed E-state index contributed by atoms with van der Waals surface area (Å²) in [6, 6.07) is 16.5. The minimum atomic E-state index is -0.812. The normalized spacial score (nSPS) is 15.4. The fourth-order valence-electron chi connectivity index (χ4n) is 5.03. The Morgan fingerprint density at radius 3 is 2.11 bits per heavy atom. The molecular weight excluding hydrogens is 444 g/mol. The zero-order chi connectivity index (χ0) is 24.7. The Balaban J connectivity index is 1.07. The number of hydrogen-bond acceptors (Lipinski definition) is 4. The summed E-state index contributed by atoms with van der Waals surface area (Å²) in [7, 11) is 0. The van der Waals surface area contributed by atoms with Crippen molar-refractivity contribution < 1.29 is 24.2 Å². The third-order valence-electron chi connectivity index (χ3n) is 7.33. The van der Waals surface area contributed by atoms with Gasteiger partial charge in [-0.3, -0.25) is 9.59 Å². The van der Waals surface area contributed by atoms with Gasteiger partial charge in [-0.15, -0.1) is 0 Å². The standard InChI is InChI=1S/C28H34N2O5/c31-25(30-19-28(26(32)33)15-9-16-28)14-3-1-2-8-17-29-27(34)35-18-24-22-12-6-4-10-20(22)21-11-5-7-13-23(21)24/h4-7,10-13,24H,1-3,8-9,14-19H2,(H,29,34)(H,30,31)(H,32,33). The Morgan fingerprint density at radius 2 is 1.51 bits per heavy atom. The second-order valence-electron chi connectivity index (χ2n) is 9.63. The molecule has 0 aliphatic heterocycles. The summed E-state index contributed by atoms with van der Waals surface area (Å²) in [4.78, 5) is 35.5. The first-order valence-electron chi connectivity index (χ1n) is 12.6. The summed E-state index contributed by atoms with van der Waals surface area (Å²) in [6.45, 7) is 1.06. The van der Waals surface area contributed by atoms with Crippen LogP contribution in [0.4, 0.5) is 4.79 Å². The van der Waals surface area contributed by atoms with E-state index in [2.05, 4.69) is 34.9 Å². The van der Waals surface area contributed by atoms with Crippen LogP contribution in [0, 0.1) is 5.41 Å². The van der Waals surface area contributed by atoms with E-state index in [4.69, 9.17) is 4.74 Å². The van der Waals surface area contributed by atoms with Crippen LogP contribution in [0.2, 0.25) is 0 Å². The van der Waals surface area contributed by atoms with Crippen molar-refractivity contribution >= 4 is 18.0 Å². The van der Waals surface area contributed by atoms with Gasteiger partial charge in [0.1, 0.15) is 6.61 Å². The number of alkyl carbamates (subject to hydrolysis) is 1. The lowest BCUT2D eigenvalue weighted by atomic mass is 9.69. The Kier molecular flexibility index (Phi) is 8.06. The van der Waals surface area contributed by atoms with Crippen molar-refractivity contribution in [3.05, 3.63) is 59.7 Å². The number of fused-ring (bicyclic) bond motifs is 3. The van der Waals surface area contributed by atoms with Crippen molar-refractivity contribution in [2.45, 2.75) is 57.3 Å². The number of benzene rings is 2. The van der Waals surface area contributed by atoms with Crippen LogP contribution in [0.1, 0.15) is 68.4 Å². The van der Waals surface area contributed by atoms with Gasteiger partial charge in [0.05, 0.1) is 5.41 Å². The molecule has 0 unspecified atom stereocenters. The number of carbonyl (C=O) groups excluding carboxylic acids is 2. The summed E-state index contributed by atoms with van der Waals surface area (Å²) in [6.07, 6.45) is 5.51. The molecule has 2 aliphatic rings. The van der Waals surface area contributed by atoms with Crippen molar-refractivity contribution in [1.82, 2.24) is 10.6 Å². The number of ether oxygens (including phenoxy) is 1. The third-order valence-corrected chi connectivity index (χ3v) is 7.33. The number of unbranched alkanes of at least 4 members (excludes halogenated alkanes) is 3. The van der Waals surface area contributed by atoms with Crippen LogP contribution < -0.4 is 10.6 Å². The number of hydrogen-bond donors (Lipinski definition) is 3. The maximum Gasteiger partial charge on any atom is 0.407 e. The lowest BCUT2D eigenvalue weighted by molar-refractivity contribution is -0.154. The number of carboxylic acid groups (broad SMARTS) is 1. The number of rotatable bonds is 12. The number of amides is 2. The largest absolute Gasteiger partial charge is 0.481 e. The average Bonchev–Trinajstić information content (AvgIpc) is 3.15. The first-order chi connectivity index (χ1) is 17.0. The molecule has 2 amide bonds. The molecule has 3 N–H and O–H groups in total. The van der Waals surface area contributed by atoms with Crippen LogP contribution in [0.5, 0.6) is 0 Å². The van der Waals surface area contributed by atoms with Gasteiger partial charge in [0.25, 0.3) is 0 Å². The molecule has 0 heterocycles. The quantitative estimate of drug-likeness (QED) is 0.379. The van der Waals surface area contributed by atoms with E-state index in [-0.39, 0.29) is 18.4 Å². The number of nitrogens with one attached hydrogen (secondary N) is 2. The van der Waals surface area contributed by atoms with Crippen molar-refractivity contribution in [2.24, 2.45) is 5.41 Å². The van der Waals surface area contributed by atoms with Gasteiger partial charge in [-0.05, 0) is 47.9 Å². The van der Waals surface area contributed by atoms with E-state index in [1.807, 2.05) is 24.3 Å². The maximum absolute atomic E-state index is 12.2. The fourth-order valence-corrected chi connectivity index (χ4v) is 5.03. The molecule has 186 valence electrons. The molecular formula is C28H34N2O5. The SMILES string of the molecule is O=C(CCCCCCNC(=O)OCC1c2ccccc2-c2ccccc21)NCC1(C(=O)O)CCC1. The van der Waals surface area contributed by atoms with Gasteiger partial charge in [-0.25, -0.2) is 4.79 Å². The first kappa shape index (κ1) is 24.8. The summed E-state index contributed by atoms with van der Waals surface area (Å²) < 4.78 is 5.54. The molecule has 7 heteroatoms. The van der Waals surface area contributed by atoms with E-state index in [9.17, 15) is 19.5 Å². The lowest BCUT2D eigenvalue weighted by Crippen LogP contribution is -2.47. The molecule has 2 aliphatic carbocycles. The highest BCUT2D eigenvalue weighted by atomic mass is 16.5. The Labute approximate surface area is 206 Å². The molecule has 0 bridgehead atoms. The summed E-state index contributed by atoms with van der Waals surface area (Å²) in [5.41, 5.74) is 4.04. The Morgan fingerprint density at radius 1 is 0.886 bits per heavy atom. The monoisotopic (exact) mass is 478 g/mol. The van der Waals surface area contributed by atoms with Crippen molar-refractivity contribution in [1.29, 1.82) is 0 Å². The van der Waals surface area contributed by atoms with Gasteiger partial charge in [0, 0.05) is 25.4 Å². The molecule has 4 rings (SSSR count). The van der Waals surface area contributed by atoms with Gasteiger partial charge in [0.2, 0.25) is 5.91 Å². The highest BCUT2D eigenvalue weighted by Gasteiger charge is 2.44. The minimum absolute atomic E-state index is 0.0500. The van der Waals surface area contributed by atoms with Crippen LogP contribution in [0.25, 0.3) is 11.1 Å². The highest BCUT2D eigenvalue weighted by Crippen LogP contribution is 2.44. The molecule has 0 aromatic heterocycles. The predicted molar refractivity (Wildman–Crippen MR) is 133 cm³/mol. The summed E-state index contributed by atoms with van der Waals surface area (Å²) >= 11 is 0. The molecule has 1 saturated carbocycles. The van der Waals surface area contributed by atoms with E-state index < -0.39 is 17.5 Å². The van der Waals surface area contributed by atoms with Crippen LogP contribution in [0.15, 0.2) is 48.5 Å². The molecule has 35 heavy (non-hydrogen) atoms. The number of carbonyl (C=O) groups is 3. The molecule has 1 fully saturated rings. The van der Waals surface area contributed by atoms with Crippen molar-refractivity contribution in [3.8, 4) is 11.1 Å². The molecule has 0 spiro atoms. The second-order valence-corrected chi connectivity index (χ2v) is 9.63. The highest BCUT2D eigenvalue weighted by molar-refractivity contribution is 5.80. The van der Waals surface area contributed by atoms with Crippen LogP contribution in [0.3, 0.4) is 0 Å². The van der Waals surface area contributed by atoms with Gasteiger partial charge in [0.15, 0.2) is 0 Å². The van der Waals surface area contributed by atoms with E-state index in [0.717, 1.165) is 32.1 Å². The van der Waals surface area contributed by atoms with E-state index in [1.165, 1.54) is 22.3 Å². The van der Waals surface area contributed by atoms with Crippen LogP contribution >= 0.6 is 0 Å². The van der Waals surface area contributed by atoms with Crippen molar-refractivity contribution in [2.75, 3.05) is 19.7 Å². The Hall–Kier alpha value is -3.35. The van der Waals surface area contributed by atoms with Crippen LogP contribution in [-0.2, 0) is 14.3 Å². The number of aliphatic carboxylic acids is 1. The summed E-state index contributed by atoms with van der Waals surface area (Å²) in [5, 5.41) is 14.9. The predicted octanol–water partition coefficient (Wildman–Crippen LogP) is 4.85. The molecule has 0 atom stereocenters. The third kappa shape index (κ3) is 5.84. The summed E-state index contributed by atoms with van der Waals surface area (Å²) in [5.74, 6) is -0.851. The smallest absolute Gasteiger partial charge is 0.407 e. The van der Waals surface area contributed by atoms with E-state index >= 15 is 0 Å². The molecule has 0 radical (unpaired) electrons. The minimum Gasteiger partial charge on any atom is -0.481 e. The van der Waals surface area contributed by atoms with Gasteiger partial charge < -0.3 is 20.5 Å². The van der Waals surface area contributed by atoms with Gasteiger partial charge in [-0.2, -0.15) is 0 Å². The Bertz CT molecular complexity index is 1020. The first-order valence-corrected chi connectivity index (χ1v) is 12.6. The van der Waals surface area contributed by atoms with E-state index in [0.29, 0.717) is 32.4 Å².